The van der Waals surface area contributed by atoms with Crippen molar-refractivity contribution in [3.8, 4) is 0 Å². The molecule has 2 heterocycles. The highest BCUT2D eigenvalue weighted by Gasteiger charge is 2.09. The average Bonchev–Trinajstić information content (AvgIpc) is 2.91. The van der Waals surface area contributed by atoms with Gasteiger partial charge in [-0.05, 0) is 36.4 Å². The van der Waals surface area contributed by atoms with Gasteiger partial charge in [0.1, 0.15) is 5.65 Å². The number of H-pyrrole nitrogens is 1. The number of nitrogen functional groups attached to an aromatic ring is 1. The summed E-state index contributed by atoms with van der Waals surface area (Å²) in [7, 11) is 0. The summed E-state index contributed by atoms with van der Waals surface area (Å²) >= 11 is 0. The summed E-state index contributed by atoms with van der Waals surface area (Å²) in [5.41, 5.74) is 8.28. The molecule has 0 bridgehead atoms. The first-order chi connectivity index (χ1) is 10.2. The van der Waals surface area contributed by atoms with E-state index in [2.05, 4.69) is 15.3 Å². The van der Waals surface area contributed by atoms with Gasteiger partial charge in [-0.3, -0.25) is 9.59 Å². The molecule has 0 aliphatic rings. The van der Waals surface area contributed by atoms with Crippen molar-refractivity contribution >= 4 is 34.6 Å². The van der Waals surface area contributed by atoms with Crippen LogP contribution in [0, 0.1) is 0 Å². The second kappa shape index (κ2) is 5.09. The molecule has 3 rings (SSSR count). The predicted molar refractivity (Wildman–Crippen MR) is 80.3 cm³/mol. The number of nitrogens with two attached hydrogens (primary N) is 1. The Labute approximate surface area is 120 Å². The molecule has 0 fully saturated rings. The van der Waals surface area contributed by atoms with Crippen LogP contribution in [0.5, 0.6) is 0 Å². The fraction of sp³-hybridized carbons (Fsp3) is 0. The number of carbonyl (C=O) groups excluding carboxylic acids is 2. The number of carbonyl (C=O) groups is 2. The zero-order valence-corrected chi connectivity index (χ0v) is 11.0. The van der Waals surface area contributed by atoms with Crippen LogP contribution >= 0.6 is 0 Å². The van der Waals surface area contributed by atoms with E-state index in [0.717, 1.165) is 0 Å². The summed E-state index contributed by atoms with van der Waals surface area (Å²) in [4.78, 5) is 29.8. The Morgan fingerprint density at radius 1 is 1.24 bits per heavy atom. The fourth-order valence-corrected chi connectivity index (χ4v) is 1.99. The van der Waals surface area contributed by atoms with Crippen LogP contribution in [0.15, 0.2) is 42.6 Å². The lowest BCUT2D eigenvalue weighted by Crippen LogP contribution is -2.12. The molecule has 1 amide bonds. The number of aromatic amines is 1. The number of benzene rings is 1. The minimum Gasteiger partial charge on any atom is -0.399 e. The second-order valence-corrected chi connectivity index (χ2v) is 4.58. The maximum atomic E-state index is 12.2. The SMILES string of the molecule is Nc1ccc(NC(=O)c2cnc3[nH]c(C=O)cc3c2)cc1. The van der Waals surface area contributed by atoms with Gasteiger partial charge in [-0.2, -0.15) is 0 Å². The van der Waals surface area contributed by atoms with E-state index in [0.29, 0.717) is 40.0 Å². The molecule has 0 aliphatic carbocycles. The van der Waals surface area contributed by atoms with Crippen LogP contribution < -0.4 is 11.1 Å². The smallest absolute Gasteiger partial charge is 0.257 e. The Kier molecular flexibility index (Phi) is 3.12. The third-order valence-corrected chi connectivity index (χ3v) is 3.05. The zero-order valence-electron chi connectivity index (χ0n) is 11.0. The minimum atomic E-state index is -0.275. The van der Waals surface area contributed by atoms with Gasteiger partial charge in [0.15, 0.2) is 6.29 Å². The second-order valence-electron chi connectivity index (χ2n) is 4.58. The maximum Gasteiger partial charge on any atom is 0.257 e. The molecule has 0 radical (unpaired) electrons. The molecule has 6 nitrogen and oxygen atoms in total. The molecule has 0 saturated heterocycles. The van der Waals surface area contributed by atoms with Crippen molar-refractivity contribution in [2.75, 3.05) is 11.1 Å². The highest BCUT2D eigenvalue weighted by Crippen LogP contribution is 2.16. The molecule has 0 unspecified atom stereocenters. The standard InChI is InChI=1S/C15H12N4O2/c16-11-1-3-12(4-2-11)19-15(21)10-5-9-6-13(8-20)18-14(9)17-7-10/h1-8H,16H2,(H,17,18)(H,19,21). The Morgan fingerprint density at radius 3 is 2.71 bits per heavy atom. The number of hydrogen-bond donors (Lipinski definition) is 3. The lowest BCUT2D eigenvalue weighted by atomic mass is 10.2. The van der Waals surface area contributed by atoms with E-state index in [9.17, 15) is 9.59 Å². The molecule has 3 aromatic rings. The maximum absolute atomic E-state index is 12.2. The van der Waals surface area contributed by atoms with Crippen molar-refractivity contribution in [2.24, 2.45) is 0 Å². The predicted octanol–water partition coefficient (Wildman–Crippen LogP) is 2.21. The van der Waals surface area contributed by atoms with Crippen molar-refractivity contribution in [1.82, 2.24) is 9.97 Å². The highest BCUT2D eigenvalue weighted by molar-refractivity contribution is 6.05. The average molecular weight is 280 g/mol. The summed E-state index contributed by atoms with van der Waals surface area (Å²) in [6, 6.07) is 10.2. The van der Waals surface area contributed by atoms with Crippen LogP contribution in [0.1, 0.15) is 20.8 Å². The number of aromatic nitrogens is 2. The van der Waals surface area contributed by atoms with Crippen molar-refractivity contribution in [3.05, 3.63) is 53.9 Å². The lowest BCUT2D eigenvalue weighted by molar-refractivity contribution is 0.102. The van der Waals surface area contributed by atoms with Crippen molar-refractivity contribution in [2.45, 2.75) is 0 Å². The first kappa shape index (κ1) is 12.9. The van der Waals surface area contributed by atoms with Crippen LogP contribution in [0.25, 0.3) is 11.0 Å². The van der Waals surface area contributed by atoms with Crippen LogP contribution in [0.3, 0.4) is 0 Å². The Balaban J connectivity index is 1.86. The third kappa shape index (κ3) is 2.59. The third-order valence-electron chi connectivity index (χ3n) is 3.05. The highest BCUT2D eigenvalue weighted by atomic mass is 16.1. The summed E-state index contributed by atoms with van der Waals surface area (Å²) in [5.74, 6) is -0.275. The number of nitrogens with zero attached hydrogens (tertiary/aromatic N) is 1. The summed E-state index contributed by atoms with van der Waals surface area (Å²) < 4.78 is 0. The van der Waals surface area contributed by atoms with Gasteiger partial charge in [0.2, 0.25) is 0 Å². The van der Waals surface area contributed by atoms with Gasteiger partial charge >= 0.3 is 0 Å². The Bertz CT molecular complexity index is 821. The van der Waals surface area contributed by atoms with Crippen LogP contribution in [0.2, 0.25) is 0 Å². The number of aldehydes is 1. The molecular formula is C15H12N4O2. The zero-order chi connectivity index (χ0) is 14.8. The van der Waals surface area contributed by atoms with E-state index in [1.165, 1.54) is 6.20 Å². The van der Waals surface area contributed by atoms with E-state index in [-0.39, 0.29) is 5.91 Å². The molecule has 6 heteroatoms. The molecular weight excluding hydrogens is 268 g/mol. The van der Waals surface area contributed by atoms with Crippen molar-refractivity contribution in [1.29, 1.82) is 0 Å². The number of hydrogen-bond acceptors (Lipinski definition) is 4. The Morgan fingerprint density at radius 2 is 2.00 bits per heavy atom. The topological polar surface area (TPSA) is 101 Å². The monoisotopic (exact) mass is 280 g/mol. The van der Waals surface area contributed by atoms with E-state index in [4.69, 9.17) is 5.73 Å². The van der Waals surface area contributed by atoms with E-state index in [1.807, 2.05) is 0 Å². The summed E-state index contributed by atoms with van der Waals surface area (Å²) in [6.45, 7) is 0. The van der Waals surface area contributed by atoms with Gasteiger partial charge in [0.25, 0.3) is 5.91 Å². The first-order valence-electron chi connectivity index (χ1n) is 6.26. The van der Waals surface area contributed by atoms with Gasteiger partial charge in [-0.25, -0.2) is 4.98 Å². The van der Waals surface area contributed by atoms with Crippen molar-refractivity contribution < 1.29 is 9.59 Å². The van der Waals surface area contributed by atoms with E-state index in [1.54, 1.807) is 36.4 Å². The van der Waals surface area contributed by atoms with Gasteiger partial charge in [-0.15, -0.1) is 0 Å². The Hall–Kier alpha value is -3.15. The first-order valence-corrected chi connectivity index (χ1v) is 6.26. The van der Waals surface area contributed by atoms with Gasteiger partial charge in [0, 0.05) is 23.0 Å². The number of amides is 1. The molecule has 0 spiro atoms. The molecule has 4 N–H and O–H groups in total. The molecule has 0 atom stereocenters. The minimum absolute atomic E-state index is 0.275. The van der Waals surface area contributed by atoms with Gasteiger partial charge < -0.3 is 16.0 Å². The fourth-order valence-electron chi connectivity index (χ4n) is 1.99. The number of anilines is 2. The lowest BCUT2D eigenvalue weighted by Gasteiger charge is -2.05. The molecule has 104 valence electrons. The van der Waals surface area contributed by atoms with E-state index < -0.39 is 0 Å². The molecule has 0 saturated carbocycles. The number of fused-ring (bicyclic) bond motifs is 1. The molecule has 0 aliphatic heterocycles. The summed E-state index contributed by atoms with van der Waals surface area (Å²) in [6.07, 6.45) is 2.16. The van der Waals surface area contributed by atoms with Crippen molar-refractivity contribution in [3.63, 3.8) is 0 Å². The normalized spacial score (nSPS) is 10.5. The molecule has 1 aromatic carbocycles. The summed E-state index contributed by atoms with van der Waals surface area (Å²) in [5, 5.41) is 3.47. The quantitative estimate of drug-likeness (QED) is 0.505. The molecule has 21 heavy (non-hydrogen) atoms. The van der Waals surface area contributed by atoms with Gasteiger partial charge in [-0.1, -0.05) is 0 Å². The van der Waals surface area contributed by atoms with E-state index >= 15 is 0 Å². The van der Waals surface area contributed by atoms with Gasteiger partial charge in [0.05, 0.1) is 11.3 Å². The van der Waals surface area contributed by atoms with Crippen LogP contribution in [-0.2, 0) is 0 Å². The number of nitrogens with one attached hydrogen (secondary N) is 2. The van der Waals surface area contributed by atoms with Crippen LogP contribution in [0.4, 0.5) is 11.4 Å². The molecule has 2 aromatic heterocycles. The van der Waals surface area contributed by atoms with Crippen LogP contribution in [-0.4, -0.2) is 22.2 Å². The number of pyridine rings is 1. The largest absolute Gasteiger partial charge is 0.399 e. The number of rotatable bonds is 3.